The van der Waals surface area contributed by atoms with Gasteiger partial charge in [0.05, 0.1) is 5.69 Å². The van der Waals surface area contributed by atoms with E-state index in [0.717, 1.165) is 37.0 Å². The highest BCUT2D eigenvalue weighted by atomic mass is 16.5. The van der Waals surface area contributed by atoms with Gasteiger partial charge in [-0.15, -0.1) is 0 Å². The van der Waals surface area contributed by atoms with Gasteiger partial charge < -0.3 is 15.4 Å². The molecule has 0 saturated heterocycles. The summed E-state index contributed by atoms with van der Waals surface area (Å²) in [6, 6.07) is 7.45. The molecule has 1 atom stereocenters. The Morgan fingerprint density at radius 1 is 1.12 bits per heavy atom. The van der Waals surface area contributed by atoms with Crippen molar-refractivity contribution in [3.05, 3.63) is 24.3 Å². The summed E-state index contributed by atoms with van der Waals surface area (Å²) in [5.74, 6) is 3.06. The standard InChI is InChI=1S/C21H26N2O3/c24-19-18(26-17-4-2-1-3-16(17)23-19)5-6-22-20(25)21-10-13-7-14(11-21)9-15(8-13)12-21/h1-4,13-15,18H,5-12H2,(H,22,25)(H,23,24). The Morgan fingerprint density at radius 3 is 2.46 bits per heavy atom. The lowest BCUT2D eigenvalue weighted by Crippen LogP contribution is -2.54. The molecule has 0 spiro atoms. The highest BCUT2D eigenvalue weighted by molar-refractivity contribution is 5.97. The molecular formula is C21H26N2O3. The van der Waals surface area contributed by atoms with Gasteiger partial charge in [-0.3, -0.25) is 9.59 Å². The van der Waals surface area contributed by atoms with Gasteiger partial charge in [0.15, 0.2) is 6.10 Å². The van der Waals surface area contributed by atoms with Crippen molar-refractivity contribution in [3.8, 4) is 5.75 Å². The molecule has 6 rings (SSSR count). The maximum absolute atomic E-state index is 13.0. The van der Waals surface area contributed by atoms with Crippen molar-refractivity contribution in [2.45, 2.75) is 51.0 Å². The molecule has 1 aromatic carbocycles. The lowest BCUT2D eigenvalue weighted by molar-refractivity contribution is -0.146. The van der Waals surface area contributed by atoms with Crippen molar-refractivity contribution in [3.63, 3.8) is 0 Å². The molecule has 1 aromatic rings. The Balaban J connectivity index is 1.19. The van der Waals surface area contributed by atoms with Gasteiger partial charge in [-0.1, -0.05) is 12.1 Å². The first-order valence-electron chi connectivity index (χ1n) is 9.96. The highest BCUT2D eigenvalue weighted by Crippen LogP contribution is 2.60. The number of fused-ring (bicyclic) bond motifs is 1. The van der Waals surface area contributed by atoms with Crippen molar-refractivity contribution >= 4 is 17.5 Å². The molecule has 4 aliphatic carbocycles. The van der Waals surface area contributed by atoms with Crippen LogP contribution in [0.5, 0.6) is 5.75 Å². The number of carbonyl (C=O) groups excluding carboxylic acids is 2. The fourth-order valence-corrected chi connectivity index (χ4v) is 6.18. The summed E-state index contributed by atoms with van der Waals surface area (Å²) in [4.78, 5) is 25.2. The Hall–Kier alpha value is -2.04. The normalized spacial score (nSPS) is 36.8. The lowest BCUT2D eigenvalue weighted by atomic mass is 9.49. The first-order chi connectivity index (χ1) is 12.6. The lowest BCUT2D eigenvalue weighted by Gasteiger charge is -2.55. The summed E-state index contributed by atoms with van der Waals surface area (Å²) in [5, 5.41) is 6.01. The third-order valence-electron chi connectivity index (χ3n) is 6.92. The van der Waals surface area contributed by atoms with Crippen LogP contribution in [0.25, 0.3) is 0 Å². The van der Waals surface area contributed by atoms with E-state index in [1.54, 1.807) is 0 Å². The second-order valence-electron chi connectivity index (χ2n) is 8.83. The van der Waals surface area contributed by atoms with Crippen molar-refractivity contribution in [2.24, 2.45) is 23.2 Å². The fourth-order valence-electron chi connectivity index (χ4n) is 6.18. The van der Waals surface area contributed by atoms with Crippen molar-refractivity contribution < 1.29 is 14.3 Å². The third-order valence-corrected chi connectivity index (χ3v) is 6.92. The Bertz CT molecular complexity index is 709. The predicted molar refractivity (Wildman–Crippen MR) is 97.7 cm³/mol. The van der Waals surface area contributed by atoms with Crippen LogP contribution in [0, 0.1) is 23.2 Å². The predicted octanol–water partition coefficient (Wildman–Crippen LogP) is 3.11. The molecular weight excluding hydrogens is 328 g/mol. The third kappa shape index (κ3) is 2.68. The van der Waals surface area contributed by atoms with Crippen LogP contribution in [0.15, 0.2) is 24.3 Å². The topological polar surface area (TPSA) is 67.4 Å². The minimum atomic E-state index is -0.540. The second kappa shape index (κ2) is 6.00. The molecule has 4 fully saturated rings. The van der Waals surface area contributed by atoms with E-state index in [0.29, 0.717) is 24.4 Å². The molecule has 4 bridgehead atoms. The number of benzene rings is 1. The molecule has 5 nitrogen and oxygen atoms in total. The first-order valence-corrected chi connectivity index (χ1v) is 9.96. The molecule has 5 aliphatic rings. The number of amides is 2. The summed E-state index contributed by atoms with van der Waals surface area (Å²) in [5.41, 5.74) is 0.586. The number of hydrogen-bond acceptors (Lipinski definition) is 3. The van der Waals surface area contributed by atoms with Crippen molar-refractivity contribution in [1.82, 2.24) is 5.32 Å². The maximum Gasteiger partial charge on any atom is 0.265 e. The van der Waals surface area contributed by atoms with E-state index >= 15 is 0 Å². The van der Waals surface area contributed by atoms with Gasteiger partial charge in [0.25, 0.3) is 5.91 Å². The number of ether oxygens (including phenoxy) is 1. The molecule has 0 radical (unpaired) electrons. The summed E-state index contributed by atoms with van der Waals surface area (Å²) < 4.78 is 5.81. The van der Waals surface area contributed by atoms with Gasteiger partial charge in [0, 0.05) is 18.4 Å². The zero-order valence-electron chi connectivity index (χ0n) is 15.0. The van der Waals surface area contributed by atoms with E-state index in [2.05, 4.69) is 10.6 Å². The van der Waals surface area contributed by atoms with E-state index < -0.39 is 6.10 Å². The first kappa shape index (κ1) is 16.2. The number of carbonyl (C=O) groups is 2. The van der Waals surface area contributed by atoms with Gasteiger partial charge in [-0.05, 0) is 68.4 Å². The van der Waals surface area contributed by atoms with Gasteiger partial charge in [-0.2, -0.15) is 0 Å². The minimum absolute atomic E-state index is 0.128. The van der Waals surface area contributed by atoms with Gasteiger partial charge in [-0.25, -0.2) is 0 Å². The number of hydrogen-bond donors (Lipinski definition) is 2. The van der Waals surface area contributed by atoms with Crippen LogP contribution in [0.1, 0.15) is 44.9 Å². The van der Waals surface area contributed by atoms with Crippen LogP contribution in [0.4, 0.5) is 5.69 Å². The smallest absolute Gasteiger partial charge is 0.265 e. The largest absolute Gasteiger partial charge is 0.478 e. The van der Waals surface area contributed by atoms with E-state index in [9.17, 15) is 9.59 Å². The van der Waals surface area contributed by atoms with E-state index in [-0.39, 0.29) is 17.2 Å². The minimum Gasteiger partial charge on any atom is -0.478 e. The van der Waals surface area contributed by atoms with Gasteiger partial charge >= 0.3 is 0 Å². The second-order valence-corrected chi connectivity index (χ2v) is 8.83. The molecule has 1 unspecified atom stereocenters. The van der Waals surface area contributed by atoms with Crippen molar-refractivity contribution in [1.29, 1.82) is 0 Å². The molecule has 5 heteroatoms. The SMILES string of the molecule is O=C1Nc2ccccc2OC1CCNC(=O)C12CC3CC(CC(C3)C1)C2. The molecule has 0 aromatic heterocycles. The zero-order chi connectivity index (χ0) is 17.7. The average molecular weight is 354 g/mol. The van der Waals surface area contributed by atoms with Crippen LogP contribution < -0.4 is 15.4 Å². The number of para-hydroxylation sites is 2. The number of nitrogens with one attached hydrogen (secondary N) is 2. The molecule has 1 heterocycles. The Kier molecular flexibility index (Phi) is 3.73. The maximum atomic E-state index is 13.0. The molecule has 4 saturated carbocycles. The molecule has 2 amide bonds. The summed E-state index contributed by atoms with van der Waals surface area (Å²) in [6.07, 6.45) is 7.17. The van der Waals surface area contributed by atoms with Crippen molar-refractivity contribution in [2.75, 3.05) is 11.9 Å². The summed E-state index contributed by atoms with van der Waals surface area (Å²) >= 11 is 0. The van der Waals surface area contributed by atoms with Crippen LogP contribution >= 0.6 is 0 Å². The monoisotopic (exact) mass is 354 g/mol. The molecule has 26 heavy (non-hydrogen) atoms. The molecule has 1 aliphatic heterocycles. The van der Waals surface area contributed by atoms with E-state index in [1.807, 2.05) is 24.3 Å². The van der Waals surface area contributed by atoms with E-state index in [4.69, 9.17) is 4.74 Å². The Morgan fingerprint density at radius 2 is 1.77 bits per heavy atom. The average Bonchev–Trinajstić information content (AvgIpc) is 2.61. The van der Waals surface area contributed by atoms with Gasteiger partial charge in [0.1, 0.15) is 5.75 Å². The molecule has 2 N–H and O–H groups in total. The van der Waals surface area contributed by atoms with Crippen LogP contribution in [-0.4, -0.2) is 24.5 Å². The highest BCUT2D eigenvalue weighted by Gasteiger charge is 2.54. The van der Waals surface area contributed by atoms with Crippen LogP contribution in [0.3, 0.4) is 0 Å². The van der Waals surface area contributed by atoms with Gasteiger partial charge in [0.2, 0.25) is 5.91 Å². The Labute approximate surface area is 153 Å². The fraction of sp³-hybridized carbons (Fsp3) is 0.619. The summed E-state index contributed by atoms with van der Waals surface area (Å²) in [6.45, 7) is 0.487. The van der Waals surface area contributed by atoms with Crippen LogP contribution in [0.2, 0.25) is 0 Å². The van der Waals surface area contributed by atoms with Crippen LogP contribution in [-0.2, 0) is 9.59 Å². The quantitative estimate of drug-likeness (QED) is 0.873. The summed E-state index contributed by atoms with van der Waals surface area (Å²) in [7, 11) is 0. The molecule has 138 valence electrons. The number of anilines is 1. The van der Waals surface area contributed by atoms with E-state index in [1.165, 1.54) is 19.3 Å². The zero-order valence-corrected chi connectivity index (χ0v) is 15.0. The number of rotatable bonds is 4.